The quantitative estimate of drug-likeness (QED) is 0.617. The van der Waals surface area contributed by atoms with Crippen LogP contribution in [0.2, 0.25) is 0 Å². The summed E-state index contributed by atoms with van der Waals surface area (Å²) in [6.07, 6.45) is 1.24. The van der Waals surface area contributed by atoms with Crippen LogP contribution in [0.1, 0.15) is 20.3 Å². The molecular weight excluding hydrogens is 124 g/mol. The van der Waals surface area contributed by atoms with E-state index in [-0.39, 0.29) is 0 Å². The second-order valence-electron chi connectivity index (χ2n) is 2.95. The Morgan fingerprint density at radius 3 is 2.50 bits per heavy atom. The molecule has 0 fully saturated rings. The second kappa shape index (κ2) is 5.69. The van der Waals surface area contributed by atoms with E-state index >= 15 is 0 Å². The van der Waals surface area contributed by atoms with Gasteiger partial charge in [-0.3, -0.25) is 0 Å². The Morgan fingerprint density at radius 1 is 1.50 bits per heavy atom. The molecule has 0 spiro atoms. The van der Waals surface area contributed by atoms with Crippen molar-refractivity contribution in [2.24, 2.45) is 0 Å². The summed E-state index contributed by atoms with van der Waals surface area (Å²) < 4.78 is 0. The molecule has 0 aromatic heterocycles. The minimum Gasteiger partial charge on any atom is -0.316 e. The Balaban J connectivity index is 3.27. The van der Waals surface area contributed by atoms with Crippen LogP contribution in [0.5, 0.6) is 0 Å². The van der Waals surface area contributed by atoms with Crippen molar-refractivity contribution in [3.8, 4) is 0 Å². The zero-order valence-electron chi connectivity index (χ0n) is 7.65. The van der Waals surface area contributed by atoms with E-state index in [1.807, 2.05) is 7.05 Å². The third kappa shape index (κ3) is 4.77. The summed E-state index contributed by atoms with van der Waals surface area (Å²) in [5.41, 5.74) is 0. The van der Waals surface area contributed by atoms with Gasteiger partial charge in [-0.1, -0.05) is 6.92 Å². The van der Waals surface area contributed by atoms with Crippen molar-refractivity contribution in [1.29, 1.82) is 0 Å². The highest BCUT2D eigenvalue weighted by Gasteiger charge is 2.01. The number of hydrogen-bond acceptors (Lipinski definition) is 2. The lowest BCUT2D eigenvalue weighted by molar-refractivity contribution is 0.303. The molecule has 0 bridgehead atoms. The fraction of sp³-hybridized carbons (Fsp3) is 1.00. The lowest BCUT2D eigenvalue weighted by Crippen LogP contribution is -2.35. The molecule has 0 rings (SSSR count). The van der Waals surface area contributed by atoms with Gasteiger partial charge in [-0.2, -0.15) is 0 Å². The minimum atomic E-state index is 0.608. The van der Waals surface area contributed by atoms with Gasteiger partial charge in [-0.25, -0.2) is 0 Å². The first kappa shape index (κ1) is 9.92. The normalized spacial score (nSPS) is 14.1. The predicted molar refractivity (Wildman–Crippen MR) is 46.3 cm³/mol. The summed E-state index contributed by atoms with van der Waals surface area (Å²) in [6.45, 7) is 6.75. The third-order valence-electron chi connectivity index (χ3n) is 1.68. The standard InChI is InChI=1S/C8H20N2/c1-5-6-10(4)7-8(2)9-3/h8-9H,5-7H2,1-4H3. The molecule has 2 heteroatoms. The number of likely N-dealkylation sites (N-methyl/N-ethyl adjacent to an activating group) is 2. The summed E-state index contributed by atoms with van der Waals surface area (Å²) in [6, 6.07) is 0.608. The third-order valence-corrected chi connectivity index (χ3v) is 1.68. The molecule has 0 heterocycles. The molecule has 0 aromatic rings. The number of hydrogen-bond donors (Lipinski definition) is 1. The fourth-order valence-corrected chi connectivity index (χ4v) is 1.03. The van der Waals surface area contributed by atoms with Gasteiger partial charge >= 0.3 is 0 Å². The summed E-state index contributed by atoms with van der Waals surface area (Å²) in [5, 5.41) is 3.21. The SMILES string of the molecule is CCCN(C)CC(C)NC. The molecule has 0 aliphatic carbocycles. The molecule has 2 nitrogen and oxygen atoms in total. The first-order chi connectivity index (χ1) is 4.70. The molecule has 0 saturated heterocycles. The van der Waals surface area contributed by atoms with Crippen LogP contribution in [0.3, 0.4) is 0 Å². The molecule has 0 aromatic carbocycles. The Hall–Kier alpha value is -0.0800. The van der Waals surface area contributed by atoms with Crippen LogP contribution < -0.4 is 5.32 Å². The Bertz CT molecular complexity index is 73.7. The second-order valence-corrected chi connectivity index (χ2v) is 2.95. The Morgan fingerprint density at radius 2 is 2.10 bits per heavy atom. The molecule has 0 aliphatic heterocycles. The van der Waals surface area contributed by atoms with Crippen molar-refractivity contribution in [2.45, 2.75) is 26.3 Å². The fourth-order valence-electron chi connectivity index (χ4n) is 1.03. The Kier molecular flexibility index (Phi) is 5.64. The number of nitrogens with zero attached hydrogens (tertiary/aromatic N) is 1. The molecule has 0 amide bonds. The van der Waals surface area contributed by atoms with E-state index in [1.165, 1.54) is 13.0 Å². The molecule has 0 saturated carbocycles. The molecular formula is C8H20N2. The monoisotopic (exact) mass is 144 g/mol. The molecule has 1 unspecified atom stereocenters. The van der Waals surface area contributed by atoms with Crippen LogP contribution in [0.4, 0.5) is 0 Å². The van der Waals surface area contributed by atoms with Crippen LogP contribution in [0.15, 0.2) is 0 Å². The minimum absolute atomic E-state index is 0.608. The predicted octanol–water partition coefficient (Wildman–Crippen LogP) is 0.936. The van der Waals surface area contributed by atoms with Gasteiger partial charge in [0, 0.05) is 12.6 Å². The smallest absolute Gasteiger partial charge is 0.0163 e. The molecule has 1 N–H and O–H groups in total. The van der Waals surface area contributed by atoms with Crippen LogP contribution in [0, 0.1) is 0 Å². The van der Waals surface area contributed by atoms with Crippen molar-refractivity contribution in [2.75, 3.05) is 27.2 Å². The average Bonchev–Trinajstić information content (AvgIpc) is 1.88. The van der Waals surface area contributed by atoms with Crippen LogP contribution >= 0.6 is 0 Å². The first-order valence-electron chi connectivity index (χ1n) is 4.06. The lowest BCUT2D eigenvalue weighted by atomic mass is 10.3. The topological polar surface area (TPSA) is 15.3 Å². The van der Waals surface area contributed by atoms with E-state index in [2.05, 4.69) is 31.1 Å². The van der Waals surface area contributed by atoms with E-state index < -0.39 is 0 Å². The average molecular weight is 144 g/mol. The van der Waals surface area contributed by atoms with Gasteiger partial charge in [0.15, 0.2) is 0 Å². The molecule has 62 valence electrons. The van der Waals surface area contributed by atoms with Gasteiger partial charge in [-0.05, 0) is 34.0 Å². The largest absolute Gasteiger partial charge is 0.316 e. The zero-order chi connectivity index (χ0) is 7.98. The summed E-state index contributed by atoms with van der Waals surface area (Å²) >= 11 is 0. The van der Waals surface area contributed by atoms with Gasteiger partial charge in [0.2, 0.25) is 0 Å². The van der Waals surface area contributed by atoms with Gasteiger partial charge in [0.05, 0.1) is 0 Å². The van der Waals surface area contributed by atoms with Gasteiger partial charge in [-0.15, -0.1) is 0 Å². The van der Waals surface area contributed by atoms with E-state index in [0.29, 0.717) is 6.04 Å². The first-order valence-corrected chi connectivity index (χ1v) is 4.06. The molecule has 1 atom stereocenters. The Labute approximate surface area is 64.6 Å². The van der Waals surface area contributed by atoms with Gasteiger partial charge in [0.1, 0.15) is 0 Å². The number of rotatable bonds is 5. The number of nitrogens with one attached hydrogen (secondary N) is 1. The van der Waals surface area contributed by atoms with E-state index in [0.717, 1.165) is 6.54 Å². The summed E-state index contributed by atoms with van der Waals surface area (Å²) in [7, 11) is 4.17. The van der Waals surface area contributed by atoms with Crippen molar-refractivity contribution < 1.29 is 0 Å². The van der Waals surface area contributed by atoms with Crippen molar-refractivity contribution in [1.82, 2.24) is 10.2 Å². The van der Waals surface area contributed by atoms with Crippen molar-refractivity contribution >= 4 is 0 Å². The maximum absolute atomic E-state index is 3.21. The molecule has 0 aliphatic rings. The highest BCUT2D eigenvalue weighted by Crippen LogP contribution is 1.88. The van der Waals surface area contributed by atoms with Crippen LogP contribution in [0.25, 0.3) is 0 Å². The van der Waals surface area contributed by atoms with Crippen molar-refractivity contribution in [3.63, 3.8) is 0 Å². The highest BCUT2D eigenvalue weighted by molar-refractivity contribution is 4.61. The lowest BCUT2D eigenvalue weighted by Gasteiger charge is -2.19. The molecule has 10 heavy (non-hydrogen) atoms. The molecule has 0 radical (unpaired) electrons. The van der Waals surface area contributed by atoms with Crippen LogP contribution in [-0.2, 0) is 0 Å². The summed E-state index contributed by atoms with van der Waals surface area (Å²) in [4.78, 5) is 2.35. The van der Waals surface area contributed by atoms with Crippen LogP contribution in [-0.4, -0.2) is 38.1 Å². The van der Waals surface area contributed by atoms with Gasteiger partial charge in [0.25, 0.3) is 0 Å². The van der Waals surface area contributed by atoms with Crippen molar-refractivity contribution in [3.05, 3.63) is 0 Å². The van der Waals surface area contributed by atoms with E-state index in [9.17, 15) is 0 Å². The van der Waals surface area contributed by atoms with E-state index in [1.54, 1.807) is 0 Å². The van der Waals surface area contributed by atoms with Gasteiger partial charge < -0.3 is 10.2 Å². The maximum Gasteiger partial charge on any atom is 0.0163 e. The zero-order valence-corrected chi connectivity index (χ0v) is 7.65. The highest BCUT2D eigenvalue weighted by atomic mass is 15.1. The summed E-state index contributed by atoms with van der Waals surface area (Å²) in [5.74, 6) is 0. The van der Waals surface area contributed by atoms with E-state index in [4.69, 9.17) is 0 Å². The maximum atomic E-state index is 3.21.